The summed E-state index contributed by atoms with van der Waals surface area (Å²) in [4.78, 5) is 31.6. The molecule has 0 spiro atoms. The van der Waals surface area contributed by atoms with Crippen LogP contribution in [0.15, 0.2) is 43.1 Å². The first-order valence-corrected chi connectivity index (χ1v) is 10.0. The molecule has 1 aliphatic heterocycles. The number of aromatic amines is 1. The smallest absolute Gasteiger partial charge is 0.230 e. The molecule has 5 heterocycles. The molecule has 1 fully saturated rings. The third-order valence-corrected chi connectivity index (χ3v) is 5.26. The maximum absolute atomic E-state index is 13.7. The van der Waals surface area contributed by atoms with Gasteiger partial charge in [0.1, 0.15) is 35.1 Å². The van der Waals surface area contributed by atoms with Crippen LogP contribution >= 0.6 is 0 Å². The Morgan fingerprint density at radius 2 is 2.19 bits per heavy atom. The van der Waals surface area contributed by atoms with Gasteiger partial charge in [0, 0.05) is 31.5 Å². The molecular weight excluding hydrogens is 401 g/mol. The molecule has 0 radical (unpaired) electrons. The summed E-state index contributed by atoms with van der Waals surface area (Å²) in [6.07, 6.45) is 8.05. The molecule has 158 valence electrons. The lowest BCUT2D eigenvalue weighted by Gasteiger charge is -2.33. The maximum Gasteiger partial charge on any atom is 0.230 e. The molecule has 5 rings (SSSR count). The number of piperidine rings is 1. The second kappa shape index (κ2) is 8.09. The molecule has 0 aliphatic carbocycles. The Morgan fingerprint density at radius 3 is 3.06 bits per heavy atom. The Bertz CT molecular complexity index is 1210. The monoisotopic (exact) mass is 421 g/mol. The van der Waals surface area contributed by atoms with Gasteiger partial charge in [-0.15, -0.1) is 0 Å². The normalized spacial score (nSPS) is 16.5. The Balaban J connectivity index is 1.30. The van der Waals surface area contributed by atoms with Crippen molar-refractivity contribution in [2.75, 3.05) is 18.4 Å². The Morgan fingerprint density at radius 1 is 1.26 bits per heavy atom. The summed E-state index contributed by atoms with van der Waals surface area (Å²) < 4.78 is 15.3. The lowest BCUT2D eigenvalue weighted by Crippen LogP contribution is -2.45. The van der Waals surface area contributed by atoms with Crippen LogP contribution in [0.3, 0.4) is 0 Å². The highest BCUT2D eigenvalue weighted by atomic mass is 19.1. The van der Waals surface area contributed by atoms with Crippen molar-refractivity contribution in [3.05, 3.63) is 54.8 Å². The number of hydrogen-bond donors (Lipinski definition) is 2. The van der Waals surface area contributed by atoms with Crippen LogP contribution in [0.4, 0.5) is 10.2 Å². The van der Waals surface area contributed by atoms with Crippen molar-refractivity contribution >= 4 is 17.4 Å². The number of aromatic nitrogens is 7. The molecule has 0 saturated carbocycles. The average Bonchev–Trinajstić information content (AvgIpc) is 3.43. The molecule has 1 unspecified atom stereocenters. The predicted molar refractivity (Wildman–Crippen MR) is 109 cm³/mol. The standard InChI is InChI=1S/C20H20FN9O/c21-13-3-4-18-23-9-15(30(18)10-13)20-22-6-5-16(27-20)26-14-2-1-7-29(11-14)19(31)8-17-24-12-25-28-17/h3-6,9-10,12,14H,1-2,7-8,11H2,(H,22,26,27)(H,24,25,28). The number of amides is 1. The Labute approximate surface area is 176 Å². The van der Waals surface area contributed by atoms with Crippen LogP contribution in [0.1, 0.15) is 18.7 Å². The quantitative estimate of drug-likeness (QED) is 0.504. The molecule has 4 aromatic heterocycles. The van der Waals surface area contributed by atoms with Gasteiger partial charge in [-0.05, 0) is 31.0 Å². The number of rotatable bonds is 5. The molecule has 0 aromatic carbocycles. The van der Waals surface area contributed by atoms with Gasteiger partial charge < -0.3 is 10.2 Å². The number of H-pyrrole nitrogens is 1. The van der Waals surface area contributed by atoms with E-state index in [1.54, 1.807) is 28.9 Å². The van der Waals surface area contributed by atoms with E-state index >= 15 is 0 Å². The number of nitrogens with one attached hydrogen (secondary N) is 2. The van der Waals surface area contributed by atoms with Crippen LogP contribution in [-0.2, 0) is 11.2 Å². The molecule has 1 amide bonds. The predicted octanol–water partition coefficient (Wildman–Crippen LogP) is 1.69. The zero-order valence-corrected chi connectivity index (χ0v) is 16.6. The maximum atomic E-state index is 13.7. The van der Waals surface area contributed by atoms with Crippen molar-refractivity contribution in [1.29, 1.82) is 0 Å². The molecule has 1 aliphatic rings. The molecule has 1 saturated heterocycles. The van der Waals surface area contributed by atoms with Gasteiger partial charge in [0.05, 0.1) is 12.6 Å². The first-order chi connectivity index (χ1) is 15.2. The summed E-state index contributed by atoms with van der Waals surface area (Å²) in [6, 6.07) is 4.81. The van der Waals surface area contributed by atoms with Crippen LogP contribution in [0.25, 0.3) is 17.2 Å². The number of pyridine rings is 1. The number of anilines is 1. The van der Waals surface area contributed by atoms with Gasteiger partial charge in [-0.25, -0.2) is 24.3 Å². The van der Waals surface area contributed by atoms with E-state index < -0.39 is 0 Å². The highest BCUT2D eigenvalue weighted by molar-refractivity contribution is 5.78. The van der Waals surface area contributed by atoms with E-state index in [4.69, 9.17) is 0 Å². The van der Waals surface area contributed by atoms with Crippen LogP contribution in [0.5, 0.6) is 0 Å². The van der Waals surface area contributed by atoms with Gasteiger partial charge in [0.15, 0.2) is 5.82 Å². The summed E-state index contributed by atoms with van der Waals surface area (Å²) in [5.41, 5.74) is 1.22. The third-order valence-electron chi connectivity index (χ3n) is 5.26. The highest BCUT2D eigenvalue weighted by Crippen LogP contribution is 2.20. The fourth-order valence-electron chi connectivity index (χ4n) is 3.78. The first kappa shape index (κ1) is 19.1. The van der Waals surface area contributed by atoms with Crippen molar-refractivity contribution in [3.8, 4) is 11.5 Å². The Hall–Kier alpha value is -3.89. The number of halogens is 1. The molecule has 31 heavy (non-hydrogen) atoms. The largest absolute Gasteiger partial charge is 0.365 e. The van der Waals surface area contributed by atoms with Crippen LogP contribution in [-0.4, -0.2) is 64.5 Å². The molecule has 4 aromatic rings. The van der Waals surface area contributed by atoms with E-state index in [2.05, 4.69) is 35.5 Å². The number of likely N-dealkylation sites (tertiary alicyclic amines) is 1. The lowest BCUT2D eigenvalue weighted by molar-refractivity contribution is -0.131. The van der Waals surface area contributed by atoms with Crippen molar-refractivity contribution in [2.45, 2.75) is 25.3 Å². The van der Waals surface area contributed by atoms with E-state index in [0.717, 1.165) is 12.8 Å². The Kier molecular flexibility index (Phi) is 4.98. The van der Waals surface area contributed by atoms with Crippen molar-refractivity contribution in [1.82, 2.24) is 39.4 Å². The number of hydrogen-bond acceptors (Lipinski definition) is 7. The minimum Gasteiger partial charge on any atom is -0.365 e. The van der Waals surface area contributed by atoms with E-state index in [0.29, 0.717) is 41.9 Å². The van der Waals surface area contributed by atoms with E-state index in [1.165, 1.54) is 18.6 Å². The van der Waals surface area contributed by atoms with Gasteiger partial charge in [0.25, 0.3) is 0 Å². The number of nitrogens with zero attached hydrogens (tertiary/aromatic N) is 7. The molecule has 0 bridgehead atoms. The van der Waals surface area contributed by atoms with Crippen LogP contribution < -0.4 is 5.32 Å². The summed E-state index contributed by atoms with van der Waals surface area (Å²) in [6.45, 7) is 1.29. The molecule has 11 heteroatoms. The van der Waals surface area contributed by atoms with Crippen molar-refractivity contribution in [2.24, 2.45) is 0 Å². The summed E-state index contributed by atoms with van der Waals surface area (Å²) in [5, 5.41) is 9.91. The number of imidazole rings is 1. The molecule has 2 N–H and O–H groups in total. The average molecular weight is 421 g/mol. The zero-order chi connectivity index (χ0) is 21.2. The second-order valence-corrected chi connectivity index (χ2v) is 7.42. The van der Waals surface area contributed by atoms with Crippen LogP contribution in [0.2, 0.25) is 0 Å². The number of carbonyl (C=O) groups excluding carboxylic acids is 1. The SMILES string of the molecule is O=C(Cc1ncn[nH]1)N1CCCC(Nc2ccnc(-c3cnc4ccc(F)cn34)n2)C1. The minimum absolute atomic E-state index is 0.0133. The van der Waals surface area contributed by atoms with Crippen LogP contribution in [0, 0.1) is 5.82 Å². The second-order valence-electron chi connectivity index (χ2n) is 7.42. The zero-order valence-electron chi connectivity index (χ0n) is 16.6. The number of carbonyl (C=O) groups is 1. The minimum atomic E-state index is -0.363. The molecule has 10 nitrogen and oxygen atoms in total. The topological polar surface area (TPSA) is 117 Å². The highest BCUT2D eigenvalue weighted by Gasteiger charge is 2.24. The van der Waals surface area contributed by atoms with Gasteiger partial charge >= 0.3 is 0 Å². The van der Waals surface area contributed by atoms with Gasteiger partial charge in [-0.2, -0.15) is 5.10 Å². The van der Waals surface area contributed by atoms with Crippen molar-refractivity contribution in [3.63, 3.8) is 0 Å². The fraction of sp³-hybridized carbons (Fsp3) is 0.300. The van der Waals surface area contributed by atoms with Gasteiger partial charge in [-0.1, -0.05) is 0 Å². The number of fused-ring (bicyclic) bond motifs is 1. The van der Waals surface area contributed by atoms with Crippen molar-refractivity contribution < 1.29 is 9.18 Å². The van der Waals surface area contributed by atoms with E-state index in [9.17, 15) is 9.18 Å². The lowest BCUT2D eigenvalue weighted by atomic mass is 10.1. The summed E-state index contributed by atoms with van der Waals surface area (Å²) >= 11 is 0. The summed E-state index contributed by atoms with van der Waals surface area (Å²) in [7, 11) is 0. The van der Waals surface area contributed by atoms with Gasteiger partial charge in [0.2, 0.25) is 5.91 Å². The third kappa shape index (κ3) is 4.06. The first-order valence-electron chi connectivity index (χ1n) is 10.0. The molecular formula is C20H20FN9O. The molecule has 1 atom stereocenters. The van der Waals surface area contributed by atoms with E-state index in [1.807, 2.05) is 4.90 Å². The van der Waals surface area contributed by atoms with Gasteiger partial charge in [-0.3, -0.25) is 14.3 Å². The fourth-order valence-corrected chi connectivity index (χ4v) is 3.78. The summed E-state index contributed by atoms with van der Waals surface area (Å²) in [5.74, 6) is 1.30. The van der Waals surface area contributed by atoms with E-state index in [-0.39, 0.29) is 24.2 Å².